The second-order valence-electron chi connectivity index (χ2n) is 2.90. The van der Waals surface area contributed by atoms with Gasteiger partial charge in [-0.3, -0.25) is 4.90 Å². The molecule has 1 heterocycles. The van der Waals surface area contributed by atoms with Crippen LogP contribution in [0.2, 0.25) is 0 Å². The molecule has 0 aliphatic rings. The van der Waals surface area contributed by atoms with Gasteiger partial charge < -0.3 is 4.74 Å². The molecule has 1 amide bonds. The van der Waals surface area contributed by atoms with E-state index in [0.29, 0.717) is 11.7 Å². The van der Waals surface area contributed by atoms with Gasteiger partial charge in [0.2, 0.25) is 0 Å². The van der Waals surface area contributed by atoms with Gasteiger partial charge in [0.25, 0.3) is 0 Å². The highest BCUT2D eigenvalue weighted by atomic mass is 32.1. The number of anilines is 1. The molecule has 0 bridgehead atoms. The Morgan fingerprint density at radius 1 is 1.57 bits per heavy atom. The lowest BCUT2D eigenvalue weighted by atomic mass is 10.4. The van der Waals surface area contributed by atoms with E-state index in [2.05, 4.69) is 4.98 Å². The first-order chi connectivity index (χ1) is 6.56. The molecule has 0 saturated carbocycles. The second kappa shape index (κ2) is 4.41. The molecule has 0 atom stereocenters. The zero-order valence-electron chi connectivity index (χ0n) is 8.83. The van der Waals surface area contributed by atoms with E-state index in [9.17, 15) is 4.79 Å². The molecule has 0 aromatic carbocycles. The molecule has 0 spiro atoms. The van der Waals surface area contributed by atoms with Gasteiger partial charge in [-0.05, 0) is 20.8 Å². The first-order valence-electron chi connectivity index (χ1n) is 4.40. The van der Waals surface area contributed by atoms with Gasteiger partial charge in [-0.25, -0.2) is 9.78 Å². The van der Waals surface area contributed by atoms with Crippen LogP contribution in [0.15, 0.2) is 0 Å². The largest absolute Gasteiger partial charge is 0.449 e. The third-order valence-electron chi connectivity index (χ3n) is 1.85. The van der Waals surface area contributed by atoms with E-state index >= 15 is 0 Å². The van der Waals surface area contributed by atoms with Crippen molar-refractivity contribution < 1.29 is 9.53 Å². The summed E-state index contributed by atoms with van der Waals surface area (Å²) in [6, 6.07) is 0. The molecule has 14 heavy (non-hydrogen) atoms. The summed E-state index contributed by atoms with van der Waals surface area (Å²) < 4.78 is 4.86. The lowest BCUT2D eigenvalue weighted by Crippen LogP contribution is -2.26. The number of nitrogens with zero attached hydrogens (tertiary/aromatic N) is 2. The number of ether oxygens (including phenoxy) is 1. The molecule has 0 aliphatic carbocycles. The fraction of sp³-hybridized carbons (Fsp3) is 0.556. The van der Waals surface area contributed by atoms with Crippen LogP contribution < -0.4 is 4.90 Å². The minimum Gasteiger partial charge on any atom is -0.449 e. The number of amides is 1. The molecular weight excluding hydrogens is 200 g/mol. The number of aryl methyl sites for hydroxylation is 2. The second-order valence-corrected chi connectivity index (χ2v) is 4.08. The summed E-state index contributed by atoms with van der Waals surface area (Å²) in [7, 11) is 1.66. The third-order valence-corrected chi connectivity index (χ3v) is 3.00. The van der Waals surface area contributed by atoms with Crippen molar-refractivity contribution in [1.29, 1.82) is 0 Å². The van der Waals surface area contributed by atoms with Gasteiger partial charge in [0.1, 0.15) is 0 Å². The molecule has 78 valence electrons. The fourth-order valence-corrected chi connectivity index (χ4v) is 1.76. The molecule has 0 fully saturated rings. The van der Waals surface area contributed by atoms with Gasteiger partial charge in [0.15, 0.2) is 5.13 Å². The van der Waals surface area contributed by atoms with Gasteiger partial charge in [-0.2, -0.15) is 0 Å². The quantitative estimate of drug-likeness (QED) is 0.759. The monoisotopic (exact) mass is 214 g/mol. The molecule has 0 unspecified atom stereocenters. The van der Waals surface area contributed by atoms with Crippen molar-refractivity contribution >= 4 is 22.6 Å². The molecule has 0 aliphatic heterocycles. The molecule has 1 aromatic heterocycles. The van der Waals surface area contributed by atoms with E-state index in [1.165, 1.54) is 16.2 Å². The summed E-state index contributed by atoms with van der Waals surface area (Å²) in [5.74, 6) is 0. The molecule has 5 heteroatoms. The van der Waals surface area contributed by atoms with Gasteiger partial charge in [0.05, 0.1) is 12.3 Å². The number of thiazole rings is 1. The van der Waals surface area contributed by atoms with Gasteiger partial charge in [-0.15, -0.1) is 11.3 Å². The van der Waals surface area contributed by atoms with Crippen LogP contribution in [0, 0.1) is 13.8 Å². The molecule has 1 aromatic rings. The Morgan fingerprint density at radius 2 is 2.21 bits per heavy atom. The Balaban J connectivity index is 2.78. The van der Waals surface area contributed by atoms with Crippen LogP contribution in [0.3, 0.4) is 0 Å². The maximum absolute atomic E-state index is 11.3. The van der Waals surface area contributed by atoms with Crippen LogP contribution in [0.4, 0.5) is 9.93 Å². The molecular formula is C9H14N2O2S. The summed E-state index contributed by atoms with van der Waals surface area (Å²) in [6.45, 7) is 6.07. The topological polar surface area (TPSA) is 42.4 Å². The summed E-state index contributed by atoms with van der Waals surface area (Å²) in [6.07, 6.45) is -0.360. The standard InChI is InChI=1S/C9H14N2O2S/c1-5-13-9(12)11(4)8-10-6(2)7(3)14-8/h5H2,1-4H3. The zero-order valence-corrected chi connectivity index (χ0v) is 9.64. The number of rotatable bonds is 2. The summed E-state index contributed by atoms with van der Waals surface area (Å²) in [5, 5.41) is 0.679. The Kier molecular flexibility index (Phi) is 3.46. The minimum atomic E-state index is -0.360. The average Bonchev–Trinajstić information content (AvgIpc) is 2.46. The van der Waals surface area contributed by atoms with Crippen molar-refractivity contribution in [3.63, 3.8) is 0 Å². The highest BCUT2D eigenvalue weighted by Crippen LogP contribution is 2.24. The molecule has 1 rings (SSSR count). The van der Waals surface area contributed by atoms with E-state index < -0.39 is 0 Å². The maximum atomic E-state index is 11.3. The van der Waals surface area contributed by atoms with E-state index in [1.54, 1.807) is 14.0 Å². The van der Waals surface area contributed by atoms with Crippen molar-refractivity contribution in [3.05, 3.63) is 10.6 Å². The maximum Gasteiger partial charge on any atom is 0.415 e. The lowest BCUT2D eigenvalue weighted by Gasteiger charge is -2.12. The highest BCUT2D eigenvalue weighted by Gasteiger charge is 2.15. The Labute approximate surface area is 87.5 Å². The van der Waals surface area contributed by atoms with Crippen LogP contribution >= 0.6 is 11.3 Å². The van der Waals surface area contributed by atoms with Crippen molar-refractivity contribution in [2.75, 3.05) is 18.6 Å². The average molecular weight is 214 g/mol. The van der Waals surface area contributed by atoms with Crippen molar-refractivity contribution in [2.45, 2.75) is 20.8 Å². The Morgan fingerprint density at radius 3 is 2.64 bits per heavy atom. The van der Waals surface area contributed by atoms with Crippen LogP contribution in [-0.2, 0) is 4.74 Å². The third kappa shape index (κ3) is 2.23. The number of carbonyl (C=O) groups excluding carboxylic acids is 1. The predicted octanol–water partition coefficient (Wildman–Crippen LogP) is 2.35. The van der Waals surface area contributed by atoms with Crippen LogP contribution in [0.25, 0.3) is 0 Å². The van der Waals surface area contributed by atoms with Gasteiger partial charge in [0, 0.05) is 11.9 Å². The summed E-state index contributed by atoms with van der Waals surface area (Å²) >= 11 is 1.49. The summed E-state index contributed by atoms with van der Waals surface area (Å²) in [4.78, 5) is 18.1. The predicted molar refractivity (Wildman–Crippen MR) is 57.0 cm³/mol. The highest BCUT2D eigenvalue weighted by molar-refractivity contribution is 7.15. The molecule has 4 nitrogen and oxygen atoms in total. The van der Waals surface area contributed by atoms with Crippen molar-refractivity contribution in [3.8, 4) is 0 Å². The molecule has 0 radical (unpaired) electrons. The minimum absolute atomic E-state index is 0.360. The number of hydrogen-bond donors (Lipinski definition) is 0. The normalized spacial score (nSPS) is 10.0. The van der Waals surface area contributed by atoms with E-state index in [0.717, 1.165) is 10.6 Å². The van der Waals surface area contributed by atoms with Crippen LogP contribution in [-0.4, -0.2) is 24.7 Å². The summed E-state index contributed by atoms with van der Waals surface area (Å²) in [5.41, 5.74) is 0.959. The molecule has 0 N–H and O–H groups in total. The van der Waals surface area contributed by atoms with E-state index in [4.69, 9.17) is 4.74 Å². The van der Waals surface area contributed by atoms with Crippen LogP contribution in [0.1, 0.15) is 17.5 Å². The Bertz CT molecular complexity index is 316. The smallest absolute Gasteiger partial charge is 0.415 e. The number of aromatic nitrogens is 1. The zero-order chi connectivity index (χ0) is 10.7. The first-order valence-corrected chi connectivity index (χ1v) is 5.22. The van der Waals surface area contributed by atoms with Crippen molar-refractivity contribution in [1.82, 2.24) is 4.98 Å². The first kappa shape index (κ1) is 11.0. The van der Waals surface area contributed by atoms with Gasteiger partial charge >= 0.3 is 6.09 Å². The Hall–Kier alpha value is -1.10. The van der Waals surface area contributed by atoms with Crippen LogP contribution in [0.5, 0.6) is 0 Å². The van der Waals surface area contributed by atoms with E-state index in [-0.39, 0.29) is 6.09 Å². The number of hydrogen-bond acceptors (Lipinski definition) is 4. The number of carbonyl (C=O) groups is 1. The molecule has 0 saturated heterocycles. The van der Waals surface area contributed by atoms with Crippen molar-refractivity contribution in [2.24, 2.45) is 0 Å². The lowest BCUT2D eigenvalue weighted by molar-refractivity contribution is 0.161. The van der Waals surface area contributed by atoms with E-state index in [1.807, 2.05) is 13.8 Å². The van der Waals surface area contributed by atoms with Gasteiger partial charge in [-0.1, -0.05) is 0 Å². The SMILES string of the molecule is CCOC(=O)N(C)c1nc(C)c(C)s1. The fourth-order valence-electron chi connectivity index (χ4n) is 0.898.